The molecule has 6 heteroatoms. The van der Waals surface area contributed by atoms with E-state index >= 15 is 0 Å². The number of carbonyl (C=O) groups is 1. The van der Waals surface area contributed by atoms with Gasteiger partial charge in [0.05, 0.1) is 11.3 Å². The molecule has 0 aliphatic rings. The van der Waals surface area contributed by atoms with E-state index in [4.69, 9.17) is 20.5 Å². The molecule has 0 amide bonds. The molecule has 2 aromatic rings. The van der Waals surface area contributed by atoms with Gasteiger partial charge in [-0.2, -0.15) is 5.26 Å². The van der Waals surface area contributed by atoms with Gasteiger partial charge >= 0.3 is 11.6 Å². The molecule has 19 heavy (non-hydrogen) atoms. The summed E-state index contributed by atoms with van der Waals surface area (Å²) in [6.45, 7) is 0. The predicted octanol–water partition coefficient (Wildman–Crippen LogP) is 1.07. The van der Waals surface area contributed by atoms with E-state index < -0.39 is 22.9 Å². The van der Waals surface area contributed by atoms with Gasteiger partial charge in [0.2, 0.25) is 0 Å². The summed E-state index contributed by atoms with van der Waals surface area (Å²) >= 11 is 0. The molecule has 0 saturated carbocycles. The molecule has 1 aromatic heterocycles. The topological polar surface area (TPSA) is 117 Å². The number of carboxylic acids is 1. The maximum Gasteiger partial charge on any atom is 0.348 e. The Balaban J connectivity index is 2.77. The Morgan fingerprint density at radius 2 is 2.05 bits per heavy atom. The van der Waals surface area contributed by atoms with E-state index in [1.165, 1.54) is 12.1 Å². The molecule has 0 aliphatic carbocycles. The van der Waals surface area contributed by atoms with Crippen LogP contribution in [0.1, 0.15) is 5.56 Å². The van der Waals surface area contributed by atoms with Crippen LogP contribution in [-0.4, -0.2) is 11.1 Å². The number of rotatable bonds is 2. The van der Waals surface area contributed by atoms with Crippen molar-refractivity contribution < 1.29 is 14.3 Å². The minimum atomic E-state index is -1.49. The zero-order valence-corrected chi connectivity index (χ0v) is 9.58. The summed E-state index contributed by atoms with van der Waals surface area (Å²) in [6, 6.07) is 9.56. The highest BCUT2D eigenvalue weighted by Gasteiger charge is 2.17. The second kappa shape index (κ2) is 4.66. The van der Waals surface area contributed by atoms with Crippen LogP contribution in [-0.2, 0) is 4.79 Å². The molecule has 94 valence electrons. The van der Waals surface area contributed by atoms with E-state index in [-0.39, 0.29) is 5.56 Å². The molecule has 0 unspecified atom stereocenters. The highest BCUT2D eigenvalue weighted by atomic mass is 16.4. The van der Waals surface area contributed by atoms with Gasteiger partial charge in [-0.3, -0.25) is 0 Å². The number of para-hydroxylation sites is 1. The molecular formula is C13H8N2O4. The fourth-order valence-electron chi connectivity index (χ4n) is 1.61. The first-order valence-corrected chi connectivity index (χ1v) is 5.21. The normalized spacial score (nSPS) is 11.7. The Labute approximate surface area is 107 Å². The van der Waals surface area contributed by atoms with Crippen molar-refractivity contribution in [1.82, 2.24) is 0 Å². The van der Waals surface area contributed by atoms with Gasteiger partial charge in [-0.15, -0.1) is 0 Å². The van der Waals surface area contributed by atoms with Crippen LogP contribution in [0.25, 0.3) is 16.7 Å². The largest absolute Gasteiger partial charge is 0.477 e. The van der Waals surface area contributed by atoms with Gasteiger partial charge in [-0.1, -0.05) is 18.2 Å². The van der Waals surface area contributed by atoms with Crippen molar-refractivity contribution in [2.45, 2.75) is 0 Å². The van der Waals surface area contributed by atoms with E-state index in [9.17, 15) is 9.59 Å². The van der Waals surface area contributed by atoms with Crippen LogP contribution < -0.4 is 11.4 Å². The maximum atomic E-state index is 11.7. The smallest absolute Gasteiger partial charge is 0.348 e. The number of nitrogens with zero attached hydrogens (tertiary/aromatic N) is 1. The highest BCUT2D eigenvalue weighted by Crippen LogP contribution is 2.17. The number of nitriles is 1. The zero-order chi connectivity index (χ0) is 14.0. The number of hydrogen-bond donors (Lipinski definition) is 2. The van der Waals surface area contributed by atoms with Gasteiger partial charge < -0.3 is 15.3 Å². The Morgan fingerprint density at radius 1 is 1.37 bits per heavy atom. The summed E-state index contributed by atoms with van der Waals surface area (Å²) < 4.78 is 5.02. The van der Waals surface area contributed by atoms with Crippen molar-refractivity contribution in [2.24, 2.45) is 5.73 Å². The van der Waals surface area contributed by atoms with Crippen molar-refractivity contribution in [3.05, 3.63) is 51.9 Å². The quantitative estimate of drug-likeness (QED) is 0.471. The molecule has 0 bridgehead atoms. The number of benzene rings is 1. The summed E-state index contributed by atoms with van der Waals surface area (Å²) in [7, 11) is 0. The molecule has 2 rings (SSSR count). The van der Waals surface area contributed by atoms with Crippen molar-refractivity contribution in [2.75, 3.05) is 0 Å². The summed E-state index contributed by atoms with van der Waals surface area (Å²) in [5.74, 6) is -1.49. The van der Waals surface area contributed by atoms with Crippen LogP contribution in [0.3, 0.4) is 0 Å². The molecule has 1 aromatic carbocycles. The highest BCUT2D eigenvalue weighted by molar-refractivity contribution is 6.00. The predicted molar refractivity (Wildman–Crippen MR) is 66.8 cm³/mol. The lowest BCUT2D eigenvalue weighted by Gasteiger charge is -2.03. The van der Waals surface area contributed by atoms with E-state index in [0.29, 0.717) is 11.0 Å². The fraction of sp³-hybridized carbons (Fsp3) is 0. The molecule has 1 heterocycles. The van der Waals surface area contributed by atoms with Crippen LogP contribution in [0.5, 0.6) is 0 Å². The molecule has 0 aliphatic heterocycles. The Bertz CT molecular complexity index is 796. The van der Waals surface area contributed by atoms with Crippen molar-refractivity contribution in [3.63, 3.8) is 0 Å². The molecule has 6 nitrogen and oxygen atoms in total. The van der Waals surface area contributed by atoms with Crippen molar-refractivity contribution in [3.8, 4) is 6.07 Å². The third-order valence-electron chi connectivity index (χ3n) is 2.53. The van der Waals surface area contributed by atoms with Gasteiger partial charge in [0.15, 0.2) is 5.57 Å². The molecule has 0 fully saturated rings. The number of nitrogens with two attached hydrogens (primary N) is 1. The summed E-state index contributed by atoms with van der Waals surface area (Å²) in [6.07, 6.45) is 0. The SMILES string of the molecule is N#CC(C(=O)O)=C(N)c1cc2ccccc2oc1=O. The second-order valence-corrected chi connectivity index (χ2v) is 3.69. The molecule has 0 atom stereocenters. The standard InChI is InChI=1S/C13H8N2O4/c14-6-9(12(16)17)11(15)8-5-7-3-1-2-4-10(7)19-13(8)18/h1-5H,15H2,(H,16,17). The van der Waals surface area contributed by atoms with E-state index in [2.05, 4.69) is 0 Å². The van der Waals surface area contributed by atoms with Crippen LogP contribution in [0, 0.1) is 11.3 Å². The Hall–Kier alpha value is -3.07. The fourth-order valence-corrected chi connectivity index (χ4v) is 1.61. The van der Waals surface area contributed by atoms with Crippen molar-refractivity contribution in [1.29, 1.82) is 5.26 Å². The first-order valence-electron chi connectivity index (χ1n) is 5.21. The van der Waals surface area contributed by atoms with Gasteiger partial charge in [0.1, 0.15) is 11.7 Å². The summed E-state index contributed by atoms with van der Waals surface area (Å²) in [5, 5.41) is 18.1. The van der Waals surface area contributed by atoms with Gasteiger partial charge in [0.25, 0.3) is 0 Å². The Morgan fingerprint density at radius 3 is 2.68 bits per heavy atom. The molecule has 0 radical (unpaired) electrons. The molecule has 3 N–H and O–H groups in total. The van der Waals surface area contributed by atoms with Crippen LogP contribution in [0.15, 0.2) is 45.1 Å². The van der Waals surface area contributed by atoms with Crippen molar-refractivity contribution >= 4 is 22.6 Å². The molecule has 0 spiro atoms. The lowest BCUT2D eigenvalue weighted by molar-refractivity contribution is -0.132. The second-order valence-electron chi connectivity index (χ2n) is 3.69. The van der Waals surface area contributed by atoms with Crippen LogP contribution in [0.2, 0.25) is 0 Å². The average molecular weight is 256 g/mol. The van der Waals surface area contributed by atoms with Crippen LogP contribution >= 0.6 is 0 Å². The summed E-state index contributed by atoms with van der Waals surface area (Å²) in [4.78, 5) is 22.6. The number of fused-ring (bicyclic) bond motifs is 1. The minimum Gasteiger partial charge on any atom is -0.477 e. The maximum absolute atomic E-state index is 11.7. The first-order chi connectivity index (χ1) is 9.04. The van der Waals surface area contributed by atoms with E-state index in [1.54, 1.807) is 24.3 Å². The van der Waals surface area contributed by atoms with Crippen LogP contribution in [0.4, 0.5) is 0 Å². The van der Waals surface area contributed by atoms with Gasteiger partial charge in [-0.25, -0.2) is 9.59 Å². The first kappa shape index (κ1) is 12.4. The lowest BCUT2D eigenvalue weighted by Crippen LogP contribution is -2.15. The minimum absolute atomic E-state index is 0.141. The number of carboxylic acid groups (broad SMARTS) is 1. The Kier molecular flexibility index (Phi) is 3.04. The number of aliphatic carboxylic acids is 1. The van der Waals surface area contributed by atoms with Gasteiger partial charge in [-0.05, 0) is 12.1 Å². The molecular weight excluding hydrogens is 248 g/mol. The zero-order valence-electron chi connectivity index (χ0n) is 9.58. The third-order valence-corrected chi connectivity index (χ3v) is 2.53. The van der Waals surface area contributed by atoms with Gasteiger partial charge in [0, 0.05) is 5.39 Å². The summed E-state index contributed by atoms with van der Waals surface area (Å²) in [5.41, 5.74) is 3.89. The monoisotopic (exact) mass is 256 g/mol. The third kappa shape index (κ3) is 2.17. The average Bonchev–Trinajstić information content (AvgIpc) is 2.38. The van der Waals surface area contributed by atoms with E-state index in [0.717, 1.165) is 0 Å². The number of hydrogen-bond acceptors (Lipinski definition) is 5. The molecule has 0 saturated heterocycles. The van der Waals surface area contributed by atoms with E-state index in [1.807, 2.05) is 0 Å². The lowest BCUT2D eigenvalue weighted by atomic mass is 10.1.